The van der Waals surface area contributed by atoms with Crippen molar-refractivity contribution < 1.29 is 9.59 Å². The molecule has 8 heteroatoms. The minimum absolute atomic E-state index is 0.0589. The Morgan fingerprint density at radius 3 is 2.11 bits per heavy atom. The largest absolute Gasteiger partial charge is 0.351 e. The van der Waals surface area contributed by atoms with E-state index in [1.807, 2.05) is 50.2 Å². The second-order valence-corrected chi connectivity index (χ2v) is 10.6. The van der Waals surface area contributed by atoms with E-state index in [4.69, 9.17) is 11.6 Å². The molecule has 2 N–H and O–H groups in total. The number of urea groups is 1. The molecule has 0 saturated heterocycles. The van der Waals surface area contributed by atoms with Crippen LogP contribution in [0.2, 0.25) is 5.02 Å². The van der Waals surface area contributed by atoms with E-state index in [0.29, 0.717) is 34.5 Å². The van der Waals surface area contributed by atoms with Gasteiger partial charge in [-0.25, -0.2) is 9.78 Å². The van der Waals surface area contributed by atoms with Crippen LogP contribution >= 0.6 is 22.9 Å². The van der Waals surface area contributed by atoms with Gasteiger partial charge in [-0.15, -0.1) is 11.3 Å². The monoisotopic (exact) mass is 546 g/mol. The fourth-order valence-electron chi connectivity index (χ4n) is 4.17. The van der Waals surface area contributed by atoms with E-state index in [1.54, 1.807) is 34.5 Å². The van der Waals surface area contributed by atoms with Gasteiger partial charge in [0, 0.05) is 34.6 Å². The number of nitrogens with one attached hydrogen (secondary N) is 2. The second kappa shape index (κ2) is 13.2. The number of aromatic nitrogens is 1. The smallest absolute Gasteiger partial charge is 0.322 e. The lowest BCUT2D eigenvalue weighted by Crippen LogP contribution is -2.39. The molecule has 0 unspecified atom stereocenters. The van der Waals surface area contributed by atoms with Crippen LogP contribution in [0, 0.1) is 0 Å². The lowest BCUT2D eigenvalue weighted by atomic mass is 9.88. The highest BCUT2D eigenvalue weighted by Crippen LogP contribution is 2.27. The zero-order chi connectivity index (χ0) is 26.9. The number of benzene rings is 3. The summed E-state index contributed by atoms with van der Waals surface area (Å²) in [5.41, 5.74) is 3.46. The normalized spacial score (nSPS) is 11.0. The first-order valence-corrected chi connectivity index (χ1v) is 13.8. The van der Waals surface area contributed by atoms with E-state index in [1.165, 1.54) is 22.5 Å². The number of carbonyl (C=O) groups is 2. The summed E-state index contributed by atoms with van der Waals surface area (Å²) in [6.45, 7) is 4.71. The molecule has 0 fully saturated rings. The molecular weight excluding hydrogens is 516 g/mol. The summed E-state index contributed by atoms with van der Waals surface area (Å²) in [6, 6.07) is 27.3. The number of thiazole rings is 1. The van der Waals surface area contributed by atoms with E-state index >= 15 is 0 Å². The van der Waals surface area contributed by atoms with Crippen LogP contribution in [0.15, 0.2) is 90.3 Å². The average Bonchev–Trinajstić information content (AvgIpc) is 3.41. The number of nitrogens with zero attached hydrogens (tertiary/aromatic N) is 2. The molecule has 196 valence electrons. The van der Waals surface area contributed by atoms with Gasteiger partial charge in [-0.2, -0.15) is 0 Å². The Balaban J connectivity index is 1.35. The molecule has 0 spiro atoms. The van der Waals surface area contributed by atoms with E-state index in [-0.39, 0.29) is 23.9 Å². The van der Waals surface area contributed by atoms with Crippen molar-refractivity contribution in [2.45, 2.75) is 38.8 Å². The molecule has 4 aromatic rings. The van der Waals surface area contributed by atoms with Crippen LogP contribution in [0.5, 0.6) is 0 Å². The van der Waals surface area contributed by atoms with Crippen LogP contribution in [0.4, 0.5) is 10.5 Å². The topological polar surface area (TPSA) is 74.3 Å². The maximum atomic E-state index is 12.9. The zero-order valence-electron chi connectivity index (χ0n) is 21.4. The number of anilines is 1. The van der Waals surface area contributed by atoms with Gasteiger partial charge in [0.15, 0.2) is 0 Å². The average molecular weight is 547 g/mol. The van der Waals surface area contributed by atoms with Crippen molar-refractivity contribution in [2.75, 3.05) is 11.9 Å². The number of amides is 3. The highest BCUT2D eigenvalue weighted by Gasteiger charge is 2.21. The Morgan fingerprint density at radius 2 is 1.53 bits per heavy atom. The van der Waals surface area contributed by atoms with Crippen LogP contribution in [0.1, 0.15) is 52.8 Å². The highest BCUT2D eigenvalue weighted by molar-refractivity contribution is 7.09. The summed E-state index contributed by atoms with van der Waals surface area (Å²) >= 11 is 7.31. The summed E-state index contributed by atoms with van der Waals surface area (Å²) in [5.74, 6) is -0.0310. The van der Waals surface area contributed by atoms with Crippen LogP contribution in [-0.2, 0) is 6.54 Å². The highest BCUT2D eigenvalue weighted by atomic mass is 35.5. The van der Waals surface area contributed by atoms with Gasteiger partial charge in [0.2, 0.25) is 0 Å². The molecule has 38 heavy (non-hydrogen) atoms. The van der Waals surface area contributed by atoms with Gasteiger partial charge in [0.05, 0.1) is 6.54 Å². The van der Waals surface area contributed by atoms with Crippen molar-refractivity contribution in [1.29, 1.82) is 0 Å². The van der Waals surface area contributed by atoms with Crippen molar-refractivity contribution >= 4 is 40.6 Å². The standard InChI is InChI=1S/C30H31ClN4O2S/c1-21(2)35(30(37)33-25-15-13-24(31)14-16-25)19-28-34-27(20-38-28)29(36)32-18-17-26(22-9-5-3-6-10-22)23-11-7-4-8-12-23/h3-16,20-21,26H,17-19H2,1-2H3,(H,32,36)(H,33,37). The third-order valence-electron chi connectivity index (χ3n) is 6.19. The minimum Gasteiger partial charge on any atom is -0.351 e. The summed E-state index contributed by atoms with van der Waals surface area (Å²) in [5, 5.41) is 8.95. The van der Waals surface area contributed by atoms with Gasteiger partial charge in [-0.1, -0.05) is 72.3 Å². The van der Waals surface area contributed by atoms with Crippen molar-refractivity contribution in [2.24, 2.45) is 0 Å². The lowest BCUT2D eigenvalue weighted by Gasteiger charge is -2.26. The Morgan fingerprint density at radius 1 is 0.921 bits per heavy atom. The summed E-state index contributed by atoms with van der Waals surface area (Å²) in [4.78, 5) is 32.0. The predicted octanol–water partition coefficient (Wildman–Crippen LogP) is 7.19. The first-order valence-electron chi connectivity index (χ1n) is 12.6. The maximum absolute atomic E-state index is 12.9. The number of hydrogen-bond acceptors (Lipinski definition) is 4. The van der Waals surface area contributed by atoms with Crippen LogP contribution < -0.4 is 10.6 Å². The molecule has 0 aliphatic rings. The van der Waals surface area contributed by atoms with Gasteiger partial charge >= 0.3 is 6.03 Å². The molecule has 6 nitrogen and oxygen atoms in total. The molecule has 1 aromatic heterocycles. The fraction of sp³-hybridized carbons (Fsp3) is 0.233. The van der Waals surface area contributed by atoms with Crippen LogP contribution in [0.3, 0.4) is 0 Å². The van der Waals surface area contributed by atoms with Gasteiger partial charge in [-0.05, 0) is 55.7 Å². The Kier molecular flexibility index (Phi) is 9.51. The molecular formula is C30H31ClN4O2S. The molecule has 0 aliphatic carbocycles. The molecule has 0 bridgehead atoms. The third-order valence-corrected chi connectivity index (χ3v) is 7.28. The van der Waals surface area contributed by atoms with Gasteiger partial charge < -0.3 is 15.5 Å². The number of halogens is 1. The van der Waals surface area contributed by atoms with Crippen LogP contribution in [0.25, 0.3) is 0 Å². The predicted molar refractivity (Wildman–Crippen MR) is 155 cm³/mol. The van der Waals surface area contributed by atoms with Gasteiger partial charge in [-0.3, -0.25) is 4.79 Å². The lowest BCUT2D eigenvalue weighted by molar-refractivity contribution is 0.0948. The van der Waals surface area contributed by atoms with Gasteiger partial charge in [0.25, 0.3) is 5.91 Å². The molecule has 1 heterocycles. The number of carbonyl (C=O) groups excluding carboxylic acids is 2. The third kappa shape index (κ3) is 7.43. The minimum atomic E-state index is -0.239. The quantitative estimate of drug-likeness (QED) is 0.221. The van der Waals surface area contributed by atoms with E-state index in [2.05, 4.69) is 39.9 Å². The molecule has 3 amide bonds. The summed E-state index contributed by atoms with van der Waals surface area (Å²) < 4.78 is 0. The van der Waals surface area contributed by atoms with E-state index in [9.17, 15) is 9.59 Å². The van der Waals surface area contributed by atoms with Gasteiger partial charge in [0.1, 0.15) is 10.7 Å². The maximum Gasteiger partial charge on any atom is 0.322 e. The van der Waals surface area contributed by atoms with Crippen molar-refractivity contribution in [3.63, 3.8) is 0 Å². The molecule has 0 aliphatic heterocycles. The Bertz CT molecular complexity index is 1290. The van der Waals surface area contributed by atoms with Crippen molar-refractivity contribution in [3.8, 4) is 0 Å². The van der Waals surface area contributed by atoms with Crippen LogP contribution in [-0.4, -0.2) is 34.4 Å². The molecule has 0 atom stereocenters. The number of hydrogen-bond donors (Lipinski definition) is 2. The zero-order valence-corrected chi connectivity index (χ0v) is 23.0. The first-order chi connectivity index (χ1) is 18.4. The second-order valence-electron chi connectivity index (χ2n) is 9.20. The number of rotatable bonds is 10. The molecule has 0 saturated carbocycles. The van der Waals surface area contributed by atoms with Crippen molar-refractivity contribution in [3.05, 3.63) is 117 Å². The van der Waals surface area contributed by atoms with Crippen molar-refractivity contribution in [1.82, 2.24) is 15.2 Å². The Labute approximate surface area is 232 Å². The SMILES string of the molecule is CC(C)N(Cc1nc(C(=O)NCCC(c2ccccc2)c2ccccc2)cs1)C(=O)Nc1ccc(Cl)cc1. The molecule has 4 rings (SSSR count). The van der Waals surface area contributed by atoms with E-state index in [0.717, 1.165) is 6.42 Å². The molecule has 0 radical (unpaired) electrons. The molecule has 3 aromatic carbocycles. The Hall–Kier alpha value is -3.68. The van der Waals surface area contributed by atoms with E-state index < -0.39 is 0 Å². The summed E-state index contributed by atoms with van der Waals surface area (Å²) in [7, 11) is 0. The fourth-order valence-corrected chi connectivity index (χ4v) is 5.07. The first kappa shape index (κ1) is 27.4. The summed E-state index contributed by atoms with van der Waals surface area (Å²) in [6.07, 6.45) is 0.767.